The predicted molar refractivity (Wildman–Crippen MR) is 70.1 cm³/mol. The number of hydrogen-bond donors (Lipinski definition) is 2. The molecule has 0 saturated heterocycles. The molecular formula is C11H17N5O2S. The Morgan fingerprint density at radius 2 is 2.21 bits per heavy atom. The molecule has 0 spiro atoms. The molecule has 0 aliphatic rings. The van der Waals surface area contributed by atoms with Crippen LogP contribution in [-0.4, -0.2) is 34.9 Å². The van der Waals surface area contributed by atoms with Gasteiger partial charge in [0.05, 0.1) is 11.4 Å². The molecule has 0 radical (unpaired) electrons. The number of aromatic amines is 1. The van der Waals surface area contributed by atoms with Crippen LogP contribution in [-0.2, 0) is 16.6 Å². The summed E-state index contributed by atoms with van der Waals surface area (Å²) in [6.45, 7) is 4.41. The van der Waals surface area contributed by atoms with Crippen LogP contribution in [0.5, 0.6) is 0 Å². The third-order valence-corrected chi connectivity index (χ3v) is 4.47. The lowest BCUT2D eigenvalue weighted by atomic mass is 10.4. The maximum absolute atomic E-state index is 12.1. The van der Waals surface area contributed by atoms with E-state index in [9.17, 15) is 8.42 Å². The summed E-state index contributed by atoms with van der Waals surface area (Å²) >= 11 is 0. The summed E-state index contributed by atoms with van der Waals surface area (Å²) in [7, 11) is -3.49. The summed E-state index contributed by atoms with van der Waals surface area (Å²) in [5, 5.41) is 10.6. The highest BCUT2D eigenvalue weighted by Gasteiger charge is 2.21. The van der Waals surface area contributed by atoms with E-state index < -0.39 is 10.0 Å². The summed E-state index contributed by atoms with van der Waals surface area (Å²) in [6.07, 6.45) is 4.22. The Balaban J connectivity index is 1.92. The standard InChI is InChI=1S/C11H17N5O2S/c1-9-11(10(2)15-14-9)19(17,18)13-6-4-8-16-7-3-5-12-16/h3,5,7,13H,4,6,8H2,1-2H3,(H,14,15). The molecule has 2 heterocycles. The zero-order valence-electron chi connectivity index (χ0n) is 10.9. The Morgan fingerprint density at radius 3 is 2.79 bits per heavy atom. The molecule has 2 rings (SSSR count). The van der Waals surface area contributed by atoms with Gasteiger partial charge in [-0.25, -0.2) is 13.1 Å². The molecule has 2 N–H and O–H groups in total. The molecule has 0 atom stereocenters. The summed E-state index contributed by atoms with van der Waals surface area (Å²) in [5.74, 6) is 0. The van der Waals surface area contributed by atoms with E-state index in [0.29, 0.717) is 30.9 Å². The highest BCUT2D eigenvalue weighted by Crippen LogP contribution is 2.15. The Kier molecular flexibility index (Phi) is 4.01. The number of nitrogens with zero attached hydrogens (tertiary/aromatic N) is 3. The highest BCUT2D eigenvalue weighted by molar-refractivity contribution is 7.89. The van der Waals surface area contributed by atoms with Gasteiger partial charge in [0.15, 0.2) is 0 Å². The summed E-state index contributed by atoms with van der Waals surface area (Å²) in [5.41, 5.74) is 1.04. The van der Waals surface area contributed by atoms with E-state index in [2.05, 4.69) is 20.0 Å². The van der Waals surface area contributed by atoms with E-state index in [1.165, 1.54) is 0 Å². The van der Waals surface area contributed by atoms with E-state index in [-0.39, 0.29) is 4.90 Å². The van der Waals surface area contributed by atoms with E-state index in [0.717, 1.165) is 0 Å². The summed E-state index contributed by atoms with van der Waals surface area (Å²) in [4.78, 5) is 0.242. The first-order valence-electron chi connectivity index (χ1n) is 5.99. The maximum atomic E-state index is 12.1. The van der Waals surface area contributed by atoms with Crippen LogP contribution in [0.3, 0.4) is 0 Å². The lowest BCUT2D eigenvalue weighted by Crippen LogP contribution is -2.26. The SMILES string of the molecule is Cc1n[nH]c(C)c1S(=O)(=O)NCCCn1cccn1. The molecule has 2 aromatic rings. The highest BCUT2D eigenvalue weighted by atomic mass is 32.2. The van der Waals surface area contributed by atoms with E-state index in [4.69, 9.17) is 0 Å². The molecule has 0 saturated carbocycles. The average Bonchev–Trinajstić information content (AvgIpc) is 2.95. The maximum Gasteiger partial charge on any atom is 0.244 e. The first kappa shape index (κ1) is 13.8. The molecule has 0 aliphatic carbocycles. The number of sulfonamides is 1. The van der Waals surface area contributed by atoms with Gasteiger partial charge in [0, 0.05) is 25.5 Å². The molecule has 0 unspecified atom stereocenters. The minimum atomic E-state index is -3.49. The van der Waals surface area contributed by atoms with Crippen molar-refractivity contribution in [1.82, 2.24) is 24.7 Å². The second-order valence-corrected chi connectivity index (χ2v) is 5.99. The Hall–Kier alpha value is -1.67. The van der Waals surface area contributed by atoms with Crippen LogP contribution in [0.4, 0.5) is 0 Å². The van der Waals surface area contributed by atoms with Gasteiger partial charge in [-0.2, -0.15) is 10.2 Å². The molecule has 0 aliphatic heterocycles. The van der Waals surface area contributed by atoms with E-state index in [1.807, 2.05) is 12.3 Å². The molecule has 7 nitrogen and oxygen atoms in total. The lowest BCUT2D eigenvalue weighted by Gasteiger charge is -2.07. The van der Waals surface area contributed by atoms with Crippen LogP contribution >= 0.6 is 0 Å². The number of nitrogens with one attached hydrogen (secondary N) is 2. The van der Waals surface area contributed by atoms with Crippen molar-refractivity contribution in [3.8, 4) is 0 Å². The van der Waals surface area contributed by atoms with Crippen LogP contribution in [0.15, 0.2) is 23.4 Å². The molecule has 0 bridgehead atoms. The largest absolute Gasteiger partial charge is 0.281 e. The molecule has 104 valence electrons. The lowest BCUT2D eigenvalue weighted by molar-refractivity contribution is 0.552. The van der Waals surface area contributed by atoms with Crippen molar-refractivity contribution in [3.63, 3.8) is 0 Å². The summed E-state index contributed by atoms with van der Waals surface area (Å²) in [6, 6.07) is 1.84. The number of hydrogen-bond acceptors (Lipinski definition) is 4. The second kappa shape index (κ2) is 5.54. The van der Waals surface area contributed by atoms with E-state index >= 15 is 0 Å². The van der Waals surface area contributed by atoms with Gasteiger partial charge in [-0.3, -0.25) is 9.78 Å². The van der Waals surface area contributed by atoms with Gasteiger partial charge >= 0.3 is 0 Å². The number of H-pyrrole nitrogens is 1. The monoisotopic (exact) mass is 283 g/mol. The fraction of sp³-hybridized carbons (Fsp3) is 0.455. The van der Waals surface area contributed by atoms with Gasteiger partial charge in [-0.1, -0.05) is 0 Å². The molecule has 8 heteroatoms. The van der Waals surface area contributed by atoms with E-state index in [1.54, 1.807) is 24.7 Å². The van der Waals surface area contributed by atoms with Crippen LogP contribution in [0.2, 0.25) is 0 Å². The van der Waals surface area contributed by atoms with Crippen molar-refractivity contribution in [2.45, 2.75) is 31.7 Å². The first-order valence-corrected chi connectivity index (χ1v) is 7.47. The van der Waals surface area contributed by atoms with Crippen LogP contribution in [0, 0.1) is 13.8 Å². The fourth-order valence-electron chi connectivity index (χ4n) is 1.89. The Bertz CT molecular complexity index is 611. The van der Waals surface area contributed by atoms with Crippen molar-refractivity contribution in [1.29, 1.82) is 0 Å². The normalized spacial score (nSPS) is 11.9. The van der Waals surface area contributed by atoms with Crippen LogP contribution < -0.4 is 4.72 Å². The van der Waals surface area contributed by atoms with Crippen LogP contribution in [0.25, 0.3) is 0 Å². The molecule has 0 fully saturated rings. The topological polar surface area (TPSA) is 92.7 Å². The predicted octanol–water partition coefficient (Wildman–Crippen LogP) is 0.592. The average molecular weight is 283 g/mol. The molecule has 0 aromatic carbocycles. The van der Waals surface area contributed by atoms with Gasteiger partial charge in [0.1, 0.15) is 4.90 Å². The number of rotatable bonds is 6. The van der Waals surface area contributed by atoms with Gasteiger partial charge in [0.25, 0.3) is 0 Å². The molecular weight excluding hydrogens is 266 g/mol. The van der Waals surface area contributed by atoms with Crippen molar-refractivity contribution < 1.29 is 8.42 Å². The molecule has 0 amide bonds. The second-order valence-electron chi connectivity index (χ2n) is 4.28. The van der Waals surface area contributed by atoms with Gasteiger partial charge in [-0.15, -0.1) is 0 Å². The van der Waals surface area contributed by atoms with Crippen molar-refractivity contribution in [2.75, 3.05) is 6.54 Å². The Morgan fingerprint density at radius 1 is 1.42 bits per heavy atom. The van der Waals surface area contributed by atoms with Gasteiger partial charge < -0.3 is 0 Å². The first-order chi connectivity index (χ1) is 9.00. The third-order valence-electron chi connectivity index (χ3n) is 2.74. The quantitative estimate of drug-likeness (QED) is 0.759. The zero-order valence-corrected chi connectivity index (χ0v) is 11.7. The summed E-state index contributed by atoms with van der Waals surface area (Å²) < 4.78 is 28.5. The van der Waals surface area contributed by atoms with Crippen molar-refractivity contribution in [2.24, 2.45) is 0 Å². The van der Waals surface area contributed by atoms with Crippen molar-refractivity contribution in [3.05, 3.63) is 29.8 Å². The van der Waals surface area contributed by atoms with Crippen molar-refractivity contribution >= 4 is 10.0 Å². The zero-order chi connectivity index (χ0) is 13.9. The number of aromatic nitrogens is 4. The fourth-order valence-corrected chi connectivity index (χ4v) is 3.33. The number of aryl methyl sites for hydroxylation is 3. The third kappa shape index (κ3) is 3.21. The minimum Gasteiger partial charge on any atom is -0.281 e. The van der Waals surface area contributed by atoms with Gasteiger partial charge in [0.2, 0.25) is 10.0 Å². The molecule has 2 aromatic heterocycles. The molecule has 19 heavy (non-hydrogen) atoms. The van der Waals surface area contributed by atoms with Gasteiger partial charge in [-0.05, 0) is 26.3 Å². The smallest absolute Gasteiger partial charge is 0.244 e. The Labute approximate surface area is 112 Å². The minimum absolute atomic E-state index is 0.242. The van der Waals surface area contributed by atoms with Crippen LogP contribution in [0.1, 0.15) is 17.8 Å².